The molecule has 2 aliphatic heterocycles. The second-order valence-corrected chi connectivity index (χ2v) is 9.35. The Bertz CT molecular complexity index is 1090. The van der Waals surface area contributed by atoms with E-state index in [0.29, 0.717) is 5.02 Å². The number of fused-ring (bicyclic) bond motifs is 1. The molecule has 3 amide bonds. The van der Waals surface area contributed by atoms with Crippen molar-refractivity contribution in [3.8, 4) is 0 Å². The van der Waals surface area contributed by atoms with Crippen molar-refractivity contribution in [1.82, 2.24) is 10.2 Å². The summed E-state index contributed by atoms with van der Waals surface area (Å²) < 4.78 is 15.0. The molecule has 4 rings (SSSR count). The third-order valence-electron chi connectivity index (χ3n) is 6.27. The number of rotatable bonds is 3. The van der Waals surface area contributed by atoms with Gasteiger partial charge in [-0.15, -0.1) is 0 Å². The van der Waals surface area contributed by atoms with Gasteiger partial charge in [0.2, 0.25) is 0 Å². The van der Waals surface area contributed by atoms with E-state index in [-0.39, 0.29) is 29.3 Å². The first kappa shape index (κ1) is 21.4. The van der Waals surface area contributed by atoms with Crippen LogP contribution in [0.15, 0.2) is 42.1 Å². The first-order valence-electron chi connectivity index (χ1n) is 10.2. The van der Waals surface area contributed by atoms with Gasteiger partial charge in [0.05, 0.1) is 6.54 Å². The van der Waals surface area contributed by atoms with Crippen molar-refractivity contribution in [2.24, 2.45) is 0 Å². The molecular weight excluding hydrogens is 417 g/mol. The molecule has 1 N–H and O–H groups in total. The minimum absolute atomic E-state index is 0.0648. The average Bonchev–Trinajstić information content (AvgIpc) is 2.96. The Morgan fingerprint density at radius 2 is 1.90 bits per heavy atom. The molecule has 2 aromatic carbocycles. The van der Waals surface area contributed by atoms with Gasteiger partial charge in [0.15, 0.2) is 0 Å². The van der Waals surface area contributed by atoms with Crippen LogP contribution in [-0.4, -0.2) is 29.4 Å². The molecule has 1 fully saturated rings. The molecule has 7 heteroatoms. The van der Waals surface area contributed by atoms with E-state index in [1.807, 2.05) is 7.05 Å². The third-order valence-corrected chi connectivity index (χ3v) is 6.52. The largest absolute Gasteiger partial charge is 0.369 e. The minimum Gasteiger partial charge on any atom is -0.369 e. The lowest BCUT2D eigenvalue weighted by atomic mass is 9.80. The summed E-state index contributed by atoms with van der Waals surface area (Å²) in [5.74, 6) is -0.668. The normalized spacial score (nSPS) is 21.5. The summed E-state index contributed by atoms with van der Waals surface area (Å²) >= 11 is 5.89. The Labute approximate surface area is 186 Å². The fourth-order valence-electron chi connectivity index (χ4n) is 4.36. The molecule has 0 aliphatic carbocycles. The van der Waals surface area contributed by atoms with Gasteiger partial charge < -0.3 is 10.2 Å². The standard InChI is InChI=1S/C24H25ClFN3O2/c1-14-12-24(2,3)28(4)21-11-19(26)16(9-18(14)21)10-20-22(30)29(23(31)27-20)13-15-5-7-17(25)8-6-15/h5-11,14H,12-13H2,1-4H3,(H,27,31)/b20-10+. The fourth-order valence-corrected chi connectivity index (χ4v) is 4.48. The zero-order chi connectivity index (χ0) is 22.5. The van der Waals surface area contributed by atoms with Crippen molar-refractivity contribution in [3.05, 3.63) is 69.6 Å². The van der Waals surface area contributed by atoms with E-state index in [9.17, 15) is 14.0 Å². The molecule has 31 heavy (non-hydrogen) atoms. The van der Waals surface area contributed by atoms with E-state index in [0.717, 1.165) is 28.1 Å². The van der Waals surface area contributed by atoms with Gasteiger partial charge in [0.25, 0.3) is 5.91 Å². The molecule has 0 saturated carbocycles. The number of nitrogens with one attached hydrogen (secondary N) is 1. The highest BCUT2D eigenvalue weighted by Gasteiger charge is 2.36. The van der Waals surface area contributed by atoms with Crippen LogP contribution in [0.5, 0.6) is 0 Å². The maximum absolute atomic E-state index is 15.0. The number of carbonyl (C=O) groups excluding carboxylic acids is 2. The van der Waals surface area contributed by atoms with Crippen molar-refractivity contribution >= 4 is 35.3 Å². The summed E-state index contributed by atoms with van der Waals surface area (Å²) in [7, 11) is 1.97. The molecule has 2 aromatic rings. The van der Waals surface area contributed by atoms with Crippen LogP contribution >= 0.6 is 11.6 Å². The molecule has 0 bridgehead atoms. The fraction of sp³-hybridized carbons (Fsp3) is 0.333. The van der Waals surface area contributed by atoms with Crippen molar-refractivity contribution in [3.63, 3.8) is 0 Å². The van der Waals surface area contributed by atoms with Crippen LogP contribution in [0.1, 0.15) is 49.8 Å². The van der Waals surface area contributed by atoms with Crippen LogP contribution in [0.2, 0.25) is 5.02 Å². The summed E-state index contributed by atoms with van der Waals surface area (Å²) in [6.45, 7) is 6.52. The number of hydrogen-bond donors (Lipinski definition) is 1. The van der Waals surface area contributed by atoms with Crippen LogP contribution in [0, 0.1) is 5.82 Å². The Kier molecular flexibility index (Phi) is 5.30. The number of nitrogens with zero attached hydrogens (tertiary/aromatic N) is 2. The summed E-state index contributed by atoms with van der Waals surface area (Å²) in [5, 5.41) is 3.15. The van der Waals surface area contributed by atoms with Gasteiger partial charge in [-0.2, -0.15) is 0 Å². The summed E-state index contributed by atoms with van der Waals surface area (Å²) in [5.41, 5.74) is 2.94. The number of imide groups is 1. The number of benzene rings is 2. The van der Waals surface area contributed by atoms with Gasteiger partial charge in [0.1, 0.15) is 11.5 Å². The molecule has 1 saturated heterocycles. The van der Waals surface area contributed by atoms with E-state index in [2.05, 4.69) is 31.0 Å². The van der Waals surface area contributed by atoms with Crippen molar-refractivity contribution < 1.29 is 14.0 Å². The second-order valence-electron chi connectivity index (χ2n) is 8.92. The van der Waals surface area contributed by atoms with Gasteiger partial charge in [0, 0.05) is 28.9 Å². The molecule has 0 radical (unpaired) electrons. The number of urea groups is 1. The number of amides is 3. The van der Waals surface area contributed by atoms with E-state index < -0.39 is 17.8 Å². The lowest BCUT2D eigenvalue weighted by Gasteiger charge is -2.45. The van der Waals surface area contributed by atoms with Crippen LogP contribution in [-0.2, 0) is 11.3 Å². The first-order valence-corrected chi connectivity index (χ1v) is 10.6. The van der Waals surface area contributed by atoms with E-state index in [1.54, 1.807) is 30.3 Å². The Morgan fingerprint density at radius 1 is 1.23 bits per heavy atom. The smallest absolute Gasteiger partial charge is 0.329 e. The summed E-state index contributed by atoms with van der Waals surface area (Å²) in [4.78, 5) is 28.4. The number of anilines is 1. The lowest BCUT2D eigenvalue weighted by molar-refractivity contribution is -0.123. The quantitative estimate of drug-likeness (QED) is 0.519. The lowest BCUT2D eigenvalue weighted by Crippen LogP contribution is -2.45. The molecule has 1 unspecified atom stereocenters. The van der Waals surface area contributed by atoms with Gasteiger partial charge in [-0.1, -0.05) is 30.7 Å². The van der Waals surface area contributed by atoms with Crippen molar-refractivity contribution in [1.29, 1.82) is 0 Å². The average molecular weight is 442 g/mol. The SMILES string of the molecule is CC1CC(C)(C)N(C)c2cc(F)c(/C=C3/NC(=O)N(Cc4ccc(Cl)cc4)C3=O)cc21. The maximum Gasteiger partial charge on any atom is 0.329 e. The predicted octanol–water partition coefficient (Wildman–Crippen LogP) is 5.29. The third kappa shape index (κ3) is 3.92. The molecule has 0 aromatic heterocycles. The van der Waals surface area contributed by atoms with Gasteiger partial charge in [-0.3, -0.25) is 9.69 Å². The highest BCUT2D eigenvalue weighted by atomic mass is 35.5. The molecule has 2 heterocycles. The monoisotopic (exact) mass is 441 g/mol. The Hall–Kier alpha value is -2.86. The van der Waals surface area contributed by atoms with Gasteiger partial charge in [-0.05, 0) is 67.7 Å². The molecule has 162 valence electrons. The summed E-state index contributed by atoms with van der Waals surface area (Å²) in [6.07, 6.45) is 2.35. The number of carbonyl (C=O) groups is 2. The van der Waals surface area contributed by atoms with Crippen LogP contribution in [0.25, 0.3) is 6.08 Å². The summed E-state index contributed by atoms with van der Waals surface area (Å²) in [6, 6.07) is 9.70. The minimum atomic E-state index is -0.528. The van der Waals surface area contributed by atoms with Crippen LogP contribution in [0.3, 0.4) is 0 Å². The second kappa shape index (κ2) is 7.68. The first-order chi connectivity index (χ1) is 14.6. The maximum atomic E-state index is 15.0. The van der Waals surface area contributed by atoms with E-state index >= 15 is 0 Å². The Balaban J connectivity index is 1.63. The van der Waals surface area contributed by atoms with Crippen molar-refractivity contribution in [2.75, 3.05) is 11.9 Å². The van der Waals surface area contributed by atoms with Gasteiger partial charge >= 0.3 is 6.03 Å². The zero-order valence-electron chi connectivity index (χ0n) is 18.0. The van der Waals surface area contributed by atoms with Crippen LogP contribution in [0.4, 0.5) is 14.9 Å². The molecular formula is C24H25ClFN3O2. The molecule has 1 atom stereocenters. The molecule has 5 nitrogen and oxygen atoms in total. The highest BCUT2D eigenvalue weighted by molar-refractivity contribution is 6.30. The van der Waals surface area contributed by atoms with E-state index in [1.165, 1.54) is 12.1 Å². The highest BCUT2D eigenvalue weighted by Crippen LogP contribution is 2.43. The topological polar surface area (TPSA) is 52.7 Å². The number of hydrogen-bond acceptors (Lipinski definition) is 3. The molecule has 2 aliphatic rings. The zero-order valence-corrected chi connectivity index (χ0v) is 18.8. The van der Waals surface area contributed by atoms with Gasteiger partial charge in [-0.25, -0.2) is 9.18 Å². The predicted molar refractivity (Wildman–Crippen MR) is 120 cm³/mol. The van der Waals surface area contributed by atoms with E-state index in [4.69, 9.17) is 11.6 Å². The number of halogens is 2. The Morgan fingerprint density at radius 3 is 2.58 bits per heavy atom. The van der Waals surface area contributed by atoms with Crippen molar-refractivity contribution in [2.45, 2.75) is 45.2 Å². The van der Waals surface area contributed by atoms with Crippen LogP contribution < -0.4 is 10.2 Å². The molecule has 0 spiro atoms.